The molecule has 1 heterocycles. The van der Waals surface area contributed by atoms with E-state index >= 15 is 0 Å². The van der Waals surface area contributed by atoms with E-state index in [4.69, 9.17) is 13.7 Å². The molecule has 0 saturated heterocycles. The molecule has 0 aliphatic carbocycles. The van der Waals surface area contributed by atoms with Crippen molar-refractivity contribution < 1.29 is 31.3 Å². The molecule has 0 fully saturated rings. The number of ether oxygens (including phenoxy) is 2. The predicted molar refractivity (Wildman–Crippen MR) is 123 cm³/mol. The summed E-state index contributed by atoms with van der Waals surface area (Å²) < 4.78 is 53.8. The minimum absolute atomic E-state index is 0.0345. The predicted octanol–water partition coefficient (Wildman–Crippen LogP) is 4.76. The highest BCUT2D eigenvalue weighted by molar-refractivity contribution is 7.87. The van der Waals surface area contributed by atoms with Gasteiger partial charge in [0.05, 0.1) is 0 Å². The maximum Gasteiger partial charge on any atom is 0.339 e. The maximum absolute atomic E-state index is 13.3. The van der Waals surface area contributed by atoms with Gasteiger partial charge in [-0.25, -0.2) is 4.39 Å². The molecule has 0 saturated carbocycles. The summed E-state index contributed by atoms with van der Waals surface area (Å²) in [5.41, 5.74) is 1.30. The van der Waals surface area contributed by atoms with E-state index in [1.54, 1.807) is 35.2 Å². The Morgan fingerprint density at radius 1 is 1.03 bits per heavy atom. The van der Waals surface area contributed by atoms with Crippen LogP contribution in [0.5, 0.6) is 17.2 Å². The SMILES string of the molecule is CCC(C)N(Cc1ccc(OS(=O)(=O)c2ccc(F)cc2)cc1)C(=O)c1ccc2c(c1)OCO2. The third kappa shape index (κ3) is 5.14. The van der Waals surface area contributed by atoms with E-state index in [1.165, 1.54) is 12.1 Å². The van der Waals surface area contributed by atoms with Crippen molar-refractivity contribution in [1.82, 2.24) is 4.90 Å². The monoisotopic (exact) mass is 485 g/mol. The second kappa shape index (κ2) is 9.72. The molecule has 34 heavy (non-hydrogen) atoms. The zero-order valence-electron chi connectivity index (χ0n) is 18.7. The van der Waals surface area contributed by atoms with Crippen LogP contribution in [0.4, 0.5) is 4.39 Å². The Bertz CT molecular complexity index is 1280. The Morgan fingerprint density at radius 2 is 1.71 bits per heavy atom. The Balaban J connectivity index is 1.49. The number of halogens is 1. The van der Waals surface area contributed by atoms with E-state index in [9.17, 15) is 17.6 Å². The minimum atomic E-state index is -4.09. The van der Waals surface area contributed by atoms with Gasteiger partial charge in [0.1, 0.15) is 16.5 Å². The first-order valence-corrected chi connectivity index (χ1v) is 12.2. The molecule has 1 atom stereocenters. The van der Waals surface area contributed by atoms with Crippen LogP contribution in [-0.4, -0.2) is 32.1 Å². The molecule has 1 amide bonds. The summed E-state index contributed by atoms with van der Waals surface area (Å²) in [4.78, 5) is 14.9. The van der Waals surface area contributed by atoms with Crippen molar-refractivity contribution in [2.75, 3.05) is 6.79 Å². The average molecular weight is 486 g/mol. The number of benzene rings is 3. The van der Waals surface area contributed by atoms with Gasteiger partial charge in [-0.15, -0.1) is 0 Å². The fourth-order valence-electron chi connectivity index (χ4n) is 3.47. The molecular weight excluding hydrogens is 461 g/mol. The molecule has 0 radical (unpaired) electrons. The van der Waals surface area contributed by atoms with E-state index in [0.29, 0.717) is 23.6 Å². The lowest BCUT2D eigenvalue weighted by Gasteiger charge is -2.29. The van der Waals surface area contributed by atoms with Gasteiger partial charge in [-0.05, 0) is 73.5 Å². The molecule has 3 aromatic carbocycles. The van der Waals surface area contributed by atoms with Crippen molar-refractivity contribution >= 4 is 16.0 Å². The minimum Gasteiger partial charge on any atom is -0.454 e. The normalized spacial score (nSPS) is 13.4. The van der Waals surface area contributed by atoms with Gasteiger partial charge in [0.25, 0.3) is 5.91 Å². The van der Waals surface area contributed by atoms with Gasteiger partial charge in [-0.3, -0.25) is 4.79 Å². The van der Waals surface area contributed by atoms with Crippen LogP contribution in [0.15, 0.2) is 71.6 Å². The molecule has 1 aliphatic rings. The summed E-state index contributed by atoms with van der Waals surface area (Å²) in [5, 5.41) is 0. The fourth-order valence-corrected chi connectivity index (χ4v) is 4.40. The lowest BCUT2D eigenvalue weighted by atomic mass is 10.1. The van der Waals surface area contributed by atoms with Crippen LogP contribution in [0.3, 0.4) is 0 Å². The van der Waals surface area contributed by atoms with E-state index in [-0.39, 0.29) is 29.4 Å². The van der Waals surface area contributed by atoms with Crippen LogP contribution in [0.1, 0.15) is 36.2 Å². The third-order valence-electron chi connectivity index (χ3n) is 5.59. The zero-order chi connectivity index (χ0) is 24.3. The summed E-state index contributed by atoms with van der Waals surface area (Å²) in [6, 6.07) is 15.9. The van der Waals surface area contributed by atoms with Crippen molar-refractivity contribution in [2.45, 2.75) is 37.8 Å². The molecule has 7 nitrogen and oxygen atoms in total. The van der Waals surface area contributed by atoms with Gasteiger partial charge in [-0.2, -0.15) is 8.42 Å². The van der Waals surface area contributed by atoms with Gasteiger partial charge in [-0.1, -0.05) is 19.1 Å². The number of carbonyl (C=O) groups excluding carboxylic acids is 1. The summed E-state index contributed by atoms with van der Waals surface area (Å²) in [6.07, 6.45) is 0.757. The topological polar surface area (TPSA) is 82.1 Å². The molecule has 3 aromatic rings. The van der Waals surface area contributed by atoms with Crippen LogP contribution in [0.25, 0.3) is 0 Å². The molecule has 0 spiro atoms. The number of hydrogen-bond acceptors (Lipinski definition) is 6. The first kappa shape index (κ1) is 23.6. The van der Waals surface area contributed by atoms with Crippen molar-refractivity contribution in [3.63, 3.8) is 0 Å². The first-order valence-electron chi connectivity index (χ1n) is 10.8. The first-order chi connectivity index (χ1) is 16.3. The Hall–Kier alpha value is -3.59. The zero-order valence-corrected chi connectivity index (χ0v) is 19.5. The van der Waals surface area contributed by atoms with Crippen LogP contribution in [-0.2, 0) is 16.7 Å². The summed E-state index contributed by atoms with van der Waals surface area (Å²) in [6.45, 7) is 4.43. The van der Waals surface area contributed by atoms with Crippen LogP contribution in [0, 0.1) is 5.82 Å². The van der Waals surface area contributed by atoms with Crippen molar-refractivity contribution in [2.24, 2.45) is 0 Å². The number of nitrogens with zero attached hydrogens (tertiary/aromatic N) is 1. The number of carbonyl (C=O) groups is 1. The highest BCUT2D eigenvalue weighted by Gasteiger charge is 2.24. The van der Waals surface area contributed by atoms with E-state index in [0.717, 1.165) is 36.2 Å². The van der Waals surface area contributed by atoms with Crippen LogP contribution >= 0.6 is 0 Å². The van der Waals surface area contributed by atoms with Crippen molar-refractivity contribution in [1.29, 1.82) is 0 Å². The molecule has 4 rings (SSSR count). The summed E-state index contributed by atoms with van der Waals surface area (Å²) in [7, 11) is -4.09. The van der Waals surface area contributed by atoms with E-state index in [2.05, 4.69) is 0 Å². The molecule has 9 heteroatoms. The van der Waals surface area contributed by atoms with E-state index < -0.39 is 15.9 Å². The van der Waals surface area contributed by atoms with Gasteiger partial charge in [0.15, 0.2) is 11.5 Å². The van der Waals surface area contributed by atoms with Crippen LogP contribution in [0.2, 0.25) is 0 Å². The number of hydrogen-bond donors (Lipinski definition) is 0. The summed E-state index contributed by atoms with van der Waals surface area (Å²) >= 11 is 0. The number of fused-ring (bicyclic) bond motifs is 1. The smallest absolute Gasteiger partial charge is 0.339 e. The standard InChI is InChI=1S/C25H24FNO6S/c1-3-17(2)27(25(28)19-6-13-23-24(14-19)32-16-31-23)15-18-4-9-21(10-5-18)33-34(29,30)22-11-7-20(26)8-12-22/h4-14,17H,3,15-16H2,1-2H3. The number of rotatable bonds is 8. The Kier molecular flexibility index (Phi) is 6.74. The molecule has 1 aliphatic heterocycles. The van der Waals surface area contributed by atoms with Crippen molar-refractivity contribution in [3.8, 4) is 17.2 Å². The van der Waals surface area contributed by atoms with Crippen LogP contribution < -0.4 is 13.7 Å². The van der Waals surface area contributed by atoms with Gasteiger partial charge >= 0.3 is 10.1 Å². The number of amides is 1. The molecule has 1 unspecified atom stereocenters. The maximum atomic E-state index is 13.3. The molecule has 0 aromatic heterocycles. The third-order valence-corrected chi connectivity index (χ3v) is 6.85. The van der Waals surface area contributed by atoms with Gasteiger partial charge in [0, 0.05) is 18.2 Å². The second-order valence-corrected chi connectivity index (χ2v) is 9.44. The molecular formula is C25H24FNO6S. The van der Waals surface area contributed by atoms with Gasteiger partial charge in [0.2, 0.25) is 6.79 Å². The second-order valence-electron chi connectivity index (χ2n) is 7.89. The lowest BCUT2D eigenvalue weighted by molar-refractivity contribution is 0.0671. The average Bonchev–Trinajstić information content (AvgIpc) is 3.31. The molecule has 178 valence electrons. The van der Waals surface area contributed by atoms with Crippen molar-refractivity contribution in [3.05, 3.63) is 83.7 Å². The summed E-state index contributed by atoms with van der Waals surface area (Å²) in [5.74, 6) is 0.582. The van der Waals surface area contributed by atoms with E-state index in [1.807, 2.05) is 13.8 Å². The highest BCUT2D eigenvalue weighted by Crippen LogP contribution is 2.33. The lowest BCUT2D eigenvalue weighted by Crippen LogP contribution is -2.37. The Labute approximate surface area is 197 Å². The van der Waals surface area contributed by atoms with Gasteiger partial charge < -0.3 is 18.6 Å². The fraction of sp³-hybridized carbons (Fsp3) is 0.240. The highest BCUT2D eigenvalue weighted by atomic mass is 32.2. The largest absolute Gasteiger partial charge is 0.454 e. The molecule has 0 N–H and O–H groups in total. The Morgan fingerprint density at radius 3 is 2.38 bits per heavy atom. The quantitative estimate of drug-likeness (QED) is 0.428. The molecule has 0 bridgehead atoms.